The van der Waals surface area contributed by atoms with Crippen molar-refractivity contribution in [3.05, 3.63) is 69.4 Å². The van der Waals surface area contributed by atoms with E-state index in [1.807, 2.05) is 24.3 Å². The molecule has 0 amide bonds. The first-order chi connectivity index (χ1) is 12.0. The molecule has 0 radical (unpaired) electrons. The molecule has 3 rings (SSSR count). The minimum Gasteiger partial charge on any atom is -0.465 e. The van der Waals surface area contributed by atoms with E-state index in [1.54, 1.807) is 12.3 Å². The van der Waals surface area contributed by atoms with E-state index in [2.05, 4.69) is 15.0 Å². The number of nitrogens with zero attached hydrogens (tertiary/aromatic N) is 1. The molecule has 3 aromatic rings. The zero-order valence-electron chi connectivity index (χ0n) is 13.3. The van der Waals surface area contributed by atoms with Crippen LogP contribution in [0.4, 0.5) is 10.1 Å². The number of carbonyl (C=O) groups is 1. The van der Waals surface area contributed by atoms with Crippen LogP contribution in [0.3, 0.4) is 0 Å². The lowest BCUT2D eigenvalue weighted by Gasteiger charge is -2.08. The number of ether oxygens (including phenoxy) is 1. The van der Waals surface area contributed by atoms with Crippen LogP contribution in [0.1, 0.15) is 15.2 Å². The van der Waals surface area contributed by atoms with Crippen molar-refractivity contribution in [1.29, 1.82) is 0 Å². The van der Waals surface area contributed by atoms with E-state index in [0.29, 0.717) is 16.6 Å². The molecular weight excluding hydrogens is 363 g/mol. The van der Waals surface area contributed by atoms with Gasteiger partial charge in [0.25, 0.3) is 0 Å². The van der Waals surface area contributed by atoms with Gasteiger partial charge in [-0.15, -0.1) is 11.3 Å². The fourth-order valence-electron chi connectivity index (χ4n) is 2.33. The normalized spacial score (nSPS) is 10.5. The number of hydrogen-bond acceptors (Lipinski definition) is 5. The van der Waals surface area contributed by atoms with E-state index >= 15 is 0 Å². The van der Waals surface area contributed by atoms with Gasteiger partial charge in [-0.25, -0.2) is 14.2 Å². The SMILES string of the molecule is COC(=O)c1cc(F)cc(-c2ccc(NCc3cnc(Cl)s3)cc2)c1. The molecule has 0 saturated carbocycles. The Bertz CT molecular complexity index is 896. The number of halogens is 2. The van der Waals surface area contributed by atoms with Crippen LogP contribution in [-0.4, -0.2) is 18.1 Å². The zero-order chi connectivity index (χ0) is 17.8. The second-order valence-electron chi connectivity index (χ2n) is 5.23. The Morgan fingerprint density at radius 2 is 2.00 bits per heavy atom. The number of methoxy groups -OCH3 is 1. The Hall–Kier alpha value is -2.44. The van der Waals surface area contributed by atoms with Crippen molar-refractivity contribution in [1.82, 2.24) is 4.98 Å². The van der Waals surface area contributed by atoms with Crippen molar-refractivity contribution in [2.24, 2.45) is 0 Å². The van der Waals surface area contributed by atoms with Gasteiger partial charge in [0, 0.05) is 16.8 Å². The summed E-state index contributed by atoms with van der Waals surface area (Å²) in [6.45, 7) is 0.621. The molecule has 0 bridgehead atoms. The maximum absolute atomic E-state index is 13.8. The van der Waals surface area contributed by atoms with Gasteiger partial charge in [0.15, 0.2) is 4.47 Å². The molecule has 7 heteroatoms. The predicted octanol–water partition coefficient (Wildman–Crippen LogP) is 5.00. The molecule has 0 atom stereocenters. The van der Waals surface area contributed by atoms with Gasteiger partial charge in [-0.3, -0.25) is 0 Å². The third-order valence-corrected chi connectivity index (χ3v) is 4.64. The van der Waals surface area contributed by atoms with Crippen LogP contribution >= 0.6 is 22.9 Å². The number of anilines is 1. The van der Waals surface area contributed by atoms with Crippen LogP contribution < -0.4 is 5.32 Å². The highest BCUT2D eigenvalue weighted by atomic mass is 35.5. The van der Waals surface area contributed by atoms with Gasteiger partial charge >= 0.3 is 5.97 Å². The molecule has 0 aliphatic rings. The van der Waals surface area contributed by atoms with Crippen LogP contribution in [0.25, 0.3) is 11.1 Å². The summed E-state index contributed by atoms with van der Waals surface area (Å²) >= 11 is 7.23. The second kappa shape index (κ2) is 7.63. The van der Waals surface area contributed by atoms with Gasteiger partial charge < -0.3 is 10.1 Å². The molecule has 25 heavy (non-hydrogen) atoms. The Morgan fingerprint density at radius 3 is 2.64 bits per heavy atom. The Balaban J connectivity index is 1.75. The van der Waals surface area contributed by atoms with E-state index in [9.17, 15) is 9.18 Å². The van der Waals surface area contributed by atoms with E-state index in [-0.39, 0.29) is 5.56 Å². The molecular formula is C18H14ClFN2O2S. The molecule has 0 spiro atoms. The summed E-state index contributed by atoms with van der Waals surface area (Å²) in [7, 11) is 1.27. The molecule has 0 unspecified atom stereocenters. The third-order valence-electron chi connectivity index (χ3n) is 3.53. The molecule has 0 aliphatic heterocycles. The summed E-state index contributed by atoms with van der Waals surface area (Å²) in [5.74, 6) is -1.05. The Morgan fingerprint density at radius 1 is 1.24 bits per heavy atom. The number of carbonyl (C=O) groups excluding carboxylic acids is 1. The molecule has 1 N–H and O–H groups in total. The van der Waals surface area contributed by atoms with Crippen molar-refractivity contribution >= 4 is 34.6 Å². The molecule has 0 fully saturated rings. The predicted molar refractivity (Wildman–Crippen MR) is 97.6 cm³/mol. The molecule has 2 aromatic carbocycles. The minimum absolute atomic E-state index is 0.182. The van der Waals surface area contributed by atoms with Gasteiger partial charge in [-0.1, -0.05) is 23.7 Å². The van der Waals surface area contributed by atoms with Gasteiger partial charge in [0.1, 0.15) is 5.82 Å². The molecule has 1 heterocycles. The standard InChI is InChI=1S/C18H14ClFN2O2S/c1-24-17(23)13-6-12(7-14(20)8-13)11-2-4-15(5-3-11)21-9-16-10-22-18(19)25-16/h2-8,10,21H,9H2,1H3. The summed E-state index contributed by atoms with van der Waals surface area (Å²) in [4.78, 5) is 16.6. The van der Waals surface area contributed by atoms with Crippen LogP contribution in [0.2, 0.25) is 4.47 Å². The van der Waals surface area contributed by atoms with Crippen molar-refractivity contribution in [2.45, 2.75) is 6.54 Å². The molecule has 0 aliphatic carbocycles. The van der Waals surface area contributed by atoms with Crippen LogP contribution in [-0.2, 0) is 11.3 Å². The summed E-state index contributed by atoms with van der Waals surface area (Å²) in [6, 6.07) is 11.6. The van der Waals surface area contributed by atoms with Gasteiger partial charge in [-0.05, 0) is 41.5 Å². The quantitative estimate of drug-likeness (QED) is 0.636. The number of esters is 1. The van der Waals surface area contributed by atoms with E-state index in [0.717, 1.165) is 22.2 Å². The summed E-state index contributed by atoms with van der Waals surface area (Å²) in [6.07, 6.45) is 1.73. The summed E-state index contributed by atoms with van der Waals surface area (Å²) in [5.41, 5.74) is 2.51. The van der Waals surface area contributed by atoms with Crippen molar-refractivity contribution < 1.29 is 13.9 Å². The number of rotatable bonds is 5. The Kier molecular flexibility index (Phi) is 5.31. The lowest BCUT2D eigenvalue weighted by Crippen LogP contribution is -2.02. The lowest BCUT2D eigenvalue weighted by molar-refractivity contribution is 0.0600. The molecule has 0 saturated heterocycles. The second-order valence-corrected chi connectivity index (χ2v) is 6.93. The monoisotopic (exact) mass is 376 g/mol. The average Bonchev–Trinajstić information content (AvgIpc) is 3.04. The smallest absolute Gasteiger partial charge is 0.337 e. The first-order valence-electron chi connectivity index (χ1n) is 7.38. The number of benzene rings is 2. The fourth-order valence-corrected chi connectivity index (χ4v) is 3.24. The van der Waals surface area contributed by atoms with E-state index < -0.39 is 11.8 Å². The molecule has 1 aromatic heterocycles. The Labute approximate surface area is 153 Å². The lowest BCUT2D eigenvalue weighted by atomic mass is 10.0. The third kappa shape index (κ3) is 4.35. The van der Waals surface area contributed by atoms with Crippen molar-refractivity contribution in [2.75, 3.05) is 12.4 Å². The van der Waals surface area contributed by atoms with Crippen LogP contribution in [0.15, 0.2) is 48.7 Å². The number of thiazole rings is 1. The summed E-state index contributed by atoms with van der Waals surface area (Å²) < 4.78 is 18.9. The maximum atomic E-state index is 13.8. The van der Waals surface area contributed by atoms with Gasteiger partial charge in [0.05, 0.1) is 19.2 Å². The van der Waals surface area contributed by atoms with E-state index in [1.165, 1.54) is 24.5 Å². The number of aromatic nitrogens is 1. The van der Waals surface area contributed by atoms with Crippen molar-refractivity contribution in [3.8, 4) is 11.1 Å². The van der Waals surface area contributed by atoms with Gasteiger partial charge in [-0.2, -0.15) is 0 Å². The number of hydrogen-bond donors (Lipinski definition) is 1. The van der Waals surface area contributed by atoms with E-state index in [4.69, 9.17) is 11.6 Å². The van der Waals surface area contributed by atoms with Crippen molar-refractivity contribution in [3.63, 3.8) is 0 Å². The number of nitrogens with one attached hydrogen (secondary N) is 1. The minimum atomic E-state index is -0.567. The average molecular weight is 377 g/mol. The highest BCUT2D eigenvalue weighted by molar-refractivity contribution is 7.15. The zero-order valence-corrected chi connectivity index (χ0v) is 14.8. The fraction of sp³-hybridized carbons (Fsp3) is 0.111. The highest BCUT2D eigenvalue weighted by Gasteiger charge is 2.10. The topological polar surface area (TPSA) is 51.2 Å². The largest absolute Gasteiger partial charge is 0.465 e. The first kappa shape index (κ1) is 17.4. The van der Waals surface area contributed by atoms with Gasteiger partial charge in [0.2, 0.25) is 0 Å². The molecule has 128 valence electrons. The summed E-state index contributed by atoms with van der Waals surface area (Å²) in [5, 5.41) is 3.27. The van der Waals surface area contributed by atoms with Crippen LogP contribution in [0.5, 0.6) is 0 Å². The maximum Gasteiger partial charge on any atom is 0.337 e. The molecule has 4 nitrogen and oxygen atoms in total. The highest BCUT2D eigenvalue weighted by Crippen LogP contribution is 2.25. The van der Waals surface area contributed by atoms with Crippen LogP contribution in [0, 0.1) is 5.82 Å². The first-order valence-corrected chi connectivity index (χ1v) is 8.58.